The summed E-state index contributed by atoms with van der Waals surface area (Å²) in [5.41, 5.74) is 3.34. The average Bonchev–Trinajstić information content (AvgIpc) is 2.85. The van der Waals surface area contributed by atoms with Crippen molar-refractivity contribution in [2.24, 2.45) is 4.99 Å². The van der Waals surface area contributed by atoms with Crippen LogP contribution in [-0.4, -0.2) is 11.6 Å². The van der Waals surface area contributed by atoms with Crippen molar-refractivity contribution in [1.82, 2.24) is 0 Å². The molecule has 1 spiro atoms. The summed E-state index contributed by atoms with van der Waals surface area (Å²) < 4.78 is 14.0. The van der Waals surface area contributed by atoms with Crippen molar-refractivity contribution < 1.29 is 9.18 Å². The van der Waals surface area contributed by atoms with Gasteiger partial charge < -0.3 is 10.6 Å². The third-order valence-electron chi connectivity index (χ3n) is 5.12. The number of nitrogens with zero attached hydrogens (tertiary/aromatic N) is 1. The van der Waals surface area contributed by atoms with Crippen LogP contribution in [0.3, 0.4) is 0 Å². The van der Waals surface area contributed by atoms with Crippen LogP contribution in [0, 0.1) is 5.82 Å². The lowest BCUT2D eigenvalue weighted by Crippen LogP contribution is -2.43. The Balaban J connectivity index is 1.75. The molecule has 5 heteroatoms. The molecular weight excluding hydrogens is 341 g/mol. The van der Waals surface area contributed by atoms with E-state index in [-0.39, 0.29) is 11.7 Å². The van der Waals surface area contributed by atoms with Gasteiger partial charge in [-0.15, -0.1) is 0 Å². The zero-order valence-electron chi connectivity index (χ0n) is 14.4. The Labute approximate surface area is 155 Å². The van der Waals surface area contributed by atoms with Gasteiger partial charge in [0.2, 0.25) is 0 Å². The molecule has 3 aromatic carbocycles. The van der Waals surface area contributed by atoms with Gasteiger partial charge >= 0.3 is 0 Å². The van der Waals surface area contributed by atoms with Crippen LogP contribution >= 0.6 is 0 Å². The summed E-state index contributed by atoms with van der Waals surface area (Å²) in [6, 6.07) is 21.8. The highest BCUT2D eigenvalue weighted by Crippen LogP contribution is 2.45. The number of rotatable bonds is 1. The van der Waals surface area contributed by atoms with E-state index >= 15 is 0 Å². The third-order valence-corrected chi connectivity index (χ3v) is 5.12. The van der Waals surface area contributed by atoms with E-state index in [0.717, 1.165) is 22.6 Å². The quantitative estimate of drug-likeness (QED) is 0.668. The van der Waals surface area contributed by atoms with E-state index in [1.165, 1.54) is 12.1 Å². The number of carbonyl (C=O) groups is 1. The van der Waals surface area contributed by atoms with Crippen molar-refractivity contribution in [3.8, 4) is 0 Å². The summed E-state index contributed by atoms with van der Waals surface area (Å²) >= 11 is 0. The summed E-state index contributed by atoms with van der Waals surface area (Å²) in [5.74, 6) is -0.578. The molecule has 0 radical (unpaired) electrons. The van der Waals surface area contributed by atoms with E-state index in [0.29, 0.717) is 17.7 Å². The monoisotopic (exact) mass is 357 g/mol. The molecule has 132 valence electrons. The number of hydrogen-bond donors (Lipinski definition) is 2. The van der Waals surface area contributed by atoms with Gasteiger partial charge in [-0.3, -0.25) is 9.79 Å². The number of aliphatic imine (C=N–C) groups is 1. The summed E-state index contributed by atoms with van der Waals surface area (Å²) in [6.07, 6.45) is 0.313. The van der Waals surface area contributed by atoms with Gasteiger partial charge in [0.25, 0.3) is 5.91 Å². The van der Waals surface area contributed by atoms with Crippen LogP contribution in [0.2, 0.25) is 0 Å². The number of nitrogens with one attached hydrogen (secondary N) is 2. The molecule has 1 unspecified atom stereocenters. The predicted molar refractivity (Wildman–Crippen MR) is 104 cm³/mol. The molecule has 0 aliphatic carbocycles. The van der Waals surface area contributed by atoms with Crippen LogP contribution in [0.15, 0.2) is 77.8 Å². The summed E-state index contributed by atoms with van der Waals surface area (Å²) in [4.78, 5) is 17.9. The SMILES string of the molecule is O=C1Nc2ccc(F)cc2C12CC(c1ccccc1)=Nc1ccccc1N2. The molecule has 4 nitrogen and oxygen atoms in total. The molecule has 1 amide bonds. The first-order valence-corrected chi connectivity index (χ1v) is 8.77. The lowest BCUT2D eigenvalue weighted by Gasteiger charge is -2.29. The normalized spacial score (nSPS) is 20.2. The van der Waals surface area contributed by atoms with Crippen molar-refractivity contribution in [1.29, 1.82) is 0 Å². The number of fused-ring (bicyclic) bond motifs is 3. The van der Waals surface area contributed by atoms with E-state index in [2.05, 4.69) is 10.6 Å². The van der Waals surface area contributed by atoms with Crippen molar-refractivity contribution >= 4 is 28.7 Å². The van der Waals surface area contributed by atoms with Gasteiger partial charge in [0.05, 0.1) is 17.1 Å². The van der Waals surface area contributed by atoms with Crippen LogP contribution in [0.4, 0.5) is 21.5 Å². The average molecular weight is 357 g/mol. The number of halogens is 1. The van der Waals surface area contributed by atoms with E-state index in [1.807, 2.05) is 54.6 Å². The molecule has 2 N–H and O–H groups in total. The number of hydrogen-bond acceptors (Lipinski definition) is 3. The Morgan fingerprint density at radius 2 is 1.70 bits per heavy atom. The Bertz CT molecular complexity index is 1090. The number of anilines is 2. The van der Waals surface area contributed by atoms with Crippen molar-refractivity contribution in [2.45, 2.75) is 12.0 Å². The van der Waals surface area contributed by atoms with Crippen molar-refractivity contribution in [3.63, 3.8) is 0 Å². The summed E-state index contributed by atoms with van der Waals surface area (Å²) in [7, 11) is 0. The molecule has 5 rings (SSSR count). The highest BCUT2D eigenvalue weighted by Gasteiger charge is 2.49. The first-order valence-electron chi connectivity index (χ1n) is 8.77. The second-order valence-electron chi connectivity index (χ2n) is 6.79. The third kappa shape index (κ3) is 2.43. The minimum Gasteiger partial charge on any atom is -0.365 e. The minimum absolute atomic E-state index is 0.205. The Morgan fingerprint density at radius 1 is 0.926 bits per heavy atom. The molecule has 0 saturated carbocycles. The molecule has 27 heavy (non-hydrogen) atoms. The van der Waals surface area contributed by atoms with Gasteiger partial charge in [0.15, 0.2) is 5.54 Å². The number of para-hydroxylation sites is 2. The number of amides is 1. The first kappa shape index (κ1) is 15.8. The predicted octanol–water partition coefficient (Wildman–Crippen LogP) is 4.61. The maximum Gasteiger partial charge on any atom is 0.255 e. The van der Waals surface area contributed by atoms with Gasteiger partial charge in [0.1, 0.15) is 5.82 Å². The zero-order valence-corrected chi connectivity index (χ0v) is 14.4. The largest absolute Gasteiger partial charge is 0.365 e. The van der Waals surface area contributed by atoms with Crippen LogP contribution in [0.25, 0.3) is 0 Å². The van der Waals surface area contributed by atoms with Gasteiger partial charge in [0, 0.05) is 17.7 Å². The molecule has 0 bridgehead atoms. The van der Waals surface area contributed by atoms with Crippen LogP contribution in [-0.2, 0) is 10.3 Å². The molecule has 1 atom stereocenters. The molecule has 2 heterocycles. The second-order valence-corrected chi connectivity index (χ2v) is 6.79. The Morgan fingerprint density at radius 3 is 2.56 bits per heavy atom. The Kier molecular flexibility index (Phi) is 3.37. The maximum absolute atomic E-state index is 14.0. The topological polar surface area (TPSA) is 53.5 Å². The van der Waals surface area contributed by atoms with E-state index < -0.39 is 5.54 Å². The lowest BCUT2D eigenvalue weighted by molar-refractivity contribution is -0.119. The Hall–Kier alpha value is -3.47. The summed E-state index contributed by atoms with van der Waals surface area (Å²) in [6.45, 7) is 0. The first-order chi connectivity index (χ1) is 13.2. The van der Waals surface area contributed by atoms with Crippen LogP contribution < -0.4 is 10.6 Å². The van der Waals surface area contributed by atoms with Crippen LogP contribution in [0.5, 0.6) is 0 Å². The molecule has 0 fully saturated rings. The van der Waals surface area contributed by atoms with E-state index in [4.69, 9.17) is 4.99 Å². The standard InChI is InChI=1S/C22H16FN3O/c23-15-10-11-17-16(12-15)22(21(27)25-17)13-20(14-6-2-1-3-7-14)24-18-8-4-5-9-19(18)26-22/h1-12,26H,13H2,(H,25,27). The fraction of sp³-hybridized carbons (Fsp3) is 0.0909. The number of carbonyl (C=O) groups excluding carboxylic acids is 1. The zero-order chi connectivity index (χ0) is 18.4. The van der Waals surface area contributed by atoms with E-state index in [9.17, 15) is 9.18 Å². The fourth-order valence-electron chi connectivity index (χ4n) is 3.81. The molecule has 2 aliphatic rings. The molecule has 2 aliphatic heterocycles. The highest BCUT2D eigenvalue weighted by atomic mass is 19.1. The second kappa shape index (κ2) is 5.77. The van der Waals surface area contributed by atoms with E-state index in [1.54, 1.807) is 6.07 Å². The van der Waals surface area contributed by atoms with Gasteiger partial charge in [-0.05, 0) is 35.9 Å². The molecule has 0 saturated heterocycles. The number of benzene rings is 3. The van der Waals surface area contributed by atoms with Gasteiger partial charge in [-0.2, -0.15) is 0 Å². The van der Waals surface area contributed by atoms with Crippen molar-refractivity contribution in [3.05, 3.63) is 89.7 Å². The van der Waals surface area contributed by atoms with Gasteiger partial charge in [-0.1, -0.05) is 42.5 Å². The molecule has 0 aromatic heterocycles. The summed E-state index contributed by atoms with van der Waals surface area (Å²) in [5, 5.41) is 6.27. The maximum atomic E-state index is 14.0. The molecular formula is C22H16FN3O. The highest BCUT2D eigenvalue weighted by molar-refractivity contribution is 6.14. The van der Waals surface area contributed by atoms with Gasteiger partial charge in [-0.25, -0.2) is 4.39 Å². The van der Waals surface area contributed by atoms with Crippen LogP contribution in [0.1, 0.15) is 17.5 Å². The lowest BCUT2D eigenvalue weighted by atomic mass is 9.84. The van der Waals surface area contributed by atoms with Crippen molar-refractivity contribution in [2.75, 3.05) is 10.6 Å². The fourth-order valence-corrected chi connectivity index (χ4v) is 3.81. The smallest absolute Gasteiger partial charge is 0.255 e. The molecule has 3 aromatic rings. The minimum atomic E-state index is -1.11.